The molecule has 2 saturated heterocycles. The molecule has 0 radical (unpaired) electrons. The Bertz CT molecular complexity index is 502. The summed E-state index contributed by atoms with van der Waals surface area (Å²) in [5, 5.41) is 0. The number of ether oxygens (including phenoxy) is 3. The zero-order valence-electron chi connectivity index (χ0n) is 12.5. The van der Waals surface area contributed by atoms with E-state index in [1.165, 1.54) is 0 Å². The van der Waals surface area contributed by atoms with Crippen LogP contribution in [-0.2, 0) is 25.5 Å². The van der Waals surface area contributed by atoms with Crippen LogP contribution in [0.25, 0.3) is 0 Å². The summed E-state index contributed by atoms with van der Waals surface area (Å²) in [6.45, 7) is 5.54. The van der Waals surface area contributed by atoms with Crippen LogP contribution in [-0.4, -0.2) is 48.6 Å². The first-order valence-corrected chi connectivity index (χ1v) is 7.28. The number of benzene rings is 1. The van der Waals surface area contributed by atoms with E-state index in [0.717, 1.165) is 5.56 Å². The van der Waals surface area contributed by atoms with Crippen LogP contribution in [0.15, 0.2) is 30.3 Å². The molecule has 3 rings (SSSR count). The lowest BCUT2D eigenvalue weighted by Crippen LogP contribution is -2.51. The molecule has 1 amide bonds. The highest BCUT2D eigenvalue weighted by Gasteiger charge is 2.41. The first-order valence-electron chi connectivity index (χ1n) is 7.28. The van der Waals surface area contributed by atoms with Crippen molar-refractivity contribution in [3.63, 3.8) is 0 Å². The number of nitrogens with zero attached hydrogens (tertiary/aromatic N) is 1. The van der Waals surface area contributed by atoms with E-state index >= 15 is 0 Å². The Labute approximate surface area is 124 Å². The lowest BCUT2D eigenvalue weighted by atomic mass is 10.1. The van der Waals surface area contributed by atoms with Crippen LogP contribution in [0.3, 0.4) is 0 Å². The zero-order chi connectivity index (χ0) is 14.9. The summed E-state index contributed by atoms with van der Waals surface area (Å²) in [6.07, 6.45) is -0.250. The molecule has 0 N–H and O–H groups in total. The molecule has 0 aliphatic carbocycles. The first kappa shape index (κ1) is 14.5. The van der Waals surface area contributed by atoms with Gasteiger partial charge < -0.3 is 19.1 Å². The Morgan fingerprint density at radius 2 is 2.00 bits per heavy atom. The third kappa shape index (κ3) is 3.43. The molecule has 2 atom stereocenters. The second-order valence-electron chi connectivity index (χ2n) is 5.98. The zero-order valence-corrected chi connectivity index (χ0v) is 12.5. The fourth-order valence-electron chi connectivity index (χ4n) is 2.72. The Kier molecular flexibility index (Phi) is 3.97. The van der Waals surface area contributed by atoms with E-state index in [-0.39, 0.29) is 24.7 Å². The van der Waals surface area contributed by atoms with Gasteiger partial charge in [0.2, 0.25) is 5.91 Å². The molecule has 114 valence electrons. The lowest BCUT2D eigenvalue weighted by Gasteiger charge is -2.35. The van der Waals surface area contributed by atoms with E-state index in [1.54, 1.807) is 0 Å². The van der Waals surface area contributed by atoms with Gasteiger partial charge in [-0.15, -0.1) is 0 Å². The molecule has 0 aromatic heterocycles. The Hall–Kier alpha value is -1.43. The fraction of sp³-hybridized carbons (Fsp3) is 0.562. The number of hydrogen-bond acceptors (Lipinski definition) is 4. The summed E-state index contributed by atoms with van der Waals surface area (Å²) in [5.41, 5.74) is 1.12. The van der Waals surface area contributed by atoms with Crippen molar-refractivity contribution in [1.29, 1.82) is 0 Å². The van der Waals surface area contributed by atoms with Crippen molar-refractivity contribution in [3.8, 4) is 0 Å². The summed E-state index contributed by atoms with van der Waals surface area (Å²) >= 11 is 0. The largest absolute Gasteiger partial charge is 0.364 e. The van der Waals surface area contributed by atoms with E-state index in [4.69, 9.17) is 14.2 Å². The molecule has 1 aromatic rings. The molecule has 0 bridgehead atoms. The van der Waals surface area contributed by atoms with E-state index in [9.17, 15) is 4.79 Å². The SMILES string of the molecule is CC1(C)OC[C@H]([C@H]2CN(Cc3ccccc3)C(=O)CO2)O1. The highest BCUT2D eigenvalue weighted by molar-refractivity contribution is 5.78. The number of carbonyl (C=O) groups excluding carboxylic acids is 1. The van der Waals surface area contributed by atoms with Crippen LogP contribution < -0.4 is 0 Å². The number of rotatable bonds is 3. The smallest absolute Gasteiger partial charge is 0.248 e. The first-order chi connectivity index (χ1) is 10.0. The van der Waals surface area contributed by atoms with Crippen molar-refractivity contribution in [1.82, 2.24) is 4.90 Å². The van der Waals surface area contributed by atoms with Crippen LogP contribution in [0.4, 0.5) is 0 Å². The minimum Gasteiger partial charge on any atom is -0.364 e. The Morgan fingerprint density at radius 3 is 2.67 bits per heavy atom. The van der Waals surface area contributed by atoms with E-state index in [1.807, 2.05) is 49.1 Å². The van der Waals surface area contributed by atoms with Crippen molar-refractivity contribution in [3.05, 3.63) is 35.9 Å². The van der Waals surface area contributed by atoms with Gasteiger partial charge in [-0.1, -0.05) is 30.3 Å². The van der Waals surface area contributed by atoms with E-state index in [2.05, 4.69) is 0 Å². The molecule has 0 spiro atoms. The van der Waals surface area contributed by atoms with Crippen LogP contribution in [0, 0.1) is 0 Å². The van der Waals surface area contributed by atoms with Gasteiger partial charge in [-0.3, -0.25) is 4.79 Å². The molecule has 2 fully saturated rings. The van der Waals surface area contributed by atoms with Crippen molar-refractivity contribution in [2.24, 2.45) is 0 Å². The Balaban J connectivity index is 1.64. The van der Waals surface area contributed by atoms with E-state index < -0.39 is 5.79 Å². The fourth-order valence-corrected chi connectivity index (χ4v) is 2.72. The van der Waals surface area contributed by atoms with Crippen LogP contribution >= 0.6 is 0 Å². The maximum absolute atomic E-state index is 12.0. The minimum absolute atomic E-state index is 0.0216. The average molecular weight is 291 g/mol. The van der Waals surface area contributed by atoms with Gasteiger partial charge in [-0.25, -0.2) is 0 Å². The molecule has 2 aliphatic heterocycles. The minimum atomic E-state index is -0.570. The van der Waals surface area contributed by atoms with Crippen LogP contribution in [0.1, 0.15) is 19.4 Å². The van der Waals surface area contributed by atoms with Crippen LogP contribution in [0.5, 0.6) is 0 Å². The predicted octanol–water partition coefficient (Wildman–Crippen LogP) is 1.57. The number of carbonyl (C=O) groups is 1. The van der Waals surface area contributed by atoms with Gasteiger partial charge in [0.1, 0.15) is 18.8 Å². The second-order valence-corrected chi connectivity index (χ2v) is 5.98. The third-order valence-electron chi connectivity index (χ3n) is 3.84. The van der Waals surface area contributed by atoms with Gasteiger partial charge in [0.15, 0.2) is 5.79 Å². The number of morpholine rings is 1. The molecular weight excluding hydrogens is 270 g/mol. The molecule has 0 saturated carbocycles. The van der Waals surface area contributed by atoms with E-state index in [0.29, 0.717) is 19.7 Å². The number of amides is 1. The third-order valence-corrected chi connectivity index (χ3v) is 3.84. The normalized spacial score (nSPS) is 28.9. The summed E-state index contributed by atoms with van der Waals surface area (Å²) in [6, 6.07) is 9.98. The molecule has 5 heteroatoms. The maximum atomic E-state index is 12.0. The molecule has 1 aromatic carbocycles. The van der Waals surface area contributed by atoms with Crippen molar-refractivity contribution >= 4 is 5.91 Å². The summed E-state index contributed by atoms with van der Waals surface area (Å²) in [4.78, 5) is 13.8. The van der Waals surface area contributed by atoms with Crippen molar-refractivity contribution in [2.75, 3.05) is 19.8 Å². The van der Waals surface area contributed by atoms with Crippen LogP contribution in [0.2, 0.25) is 0 Å². The standard InChI is InChI=1S/C16H21NO4/c1-16(2)20-10-14(21-16)13-9-17(15(18)11-19-13)8-12-6-4-3-5-7-12/h3-7,13-14H,8-11H2,1-2H3/t13-,14-/m1/s1. The molecule has 2 aliphatic rings. The summed E-state index contributed by atoms with van der Waals surface area (Å²) < 4.78 is 17.1. The summed E-state index contributed by atoms with van der Waals surface area (Å²) in [7, 11) is 0. The van der Waals surface area contributed by atoms with Gasteiger partial charge in [0.25, 0.3) is 0 Å². The topological polar surface area (TPSA) is 48.0 Å². The van der Waals surface area contributed by atoms with Gasteiger partial charge in [-0.05, 0) is 19.4 Å². The molecule has 5 nitrogen and oxygen atoms in total. The Morgan fingerprint density at radius 1 is 1.24 bits per heavy atom. The van der Waals surface area contributed by atoms with Gasteiger partial charge >= 0.3 is 0 Å². The second kappa shape index (κ2) is 5.75. The number of hydrogen-bond donors (Lipinski definition) is 0. The molecule has 21 heavy (non-hydrogen) atoms. The monoisotopic (exact) mass is 291 g/mol. The van der Waals surface area contributed by atoms with Crippen molar-refractivity contribution in [2.45, 2.75) is 38.4 Å². The predicted molar refractivity (Wildman–Crippen MR) is 76.5 cm³/mol. The quantitative estimate of drug-likeness (QED) is 0.848. The summed E-state index contributed by atoms with van der Waals surface area (Å²) in [5.74, 6) is -0.548. The van der Waals surface area contributed by atoms with Gasteiger partial charge in [0.05, 0.1) is 6.61 Å². The lowest BCUT2D eigenvalue weighted by molar-refractivity contribution is -0.174. The highest BCUT2D eigenvalue weighted by atomic mass is 16.7. The van der Waals surface area contributed by atoms with Crippen molar-refractivity contribution < 1.29 is 19.0 Å². The molecular formula is C16H21NO4. The van der Waals surface area contributed by atoms with Gasteiger partial charge in [0, 0.05) is 13.1 Å². The van der Waals surface area contributed by atoms with Gasteiger partial charge in [-0.2, -0.15) is 0 Å². The maximum Gasteiger partial charge on any atom is 0.248 e. The highest BCUT2D eigenvalue weighted by Crippen LogP contribution is 2.27. The average Bonchev–Trinajstić information content (AvgIpc) is 2.83. The molecule has 0 unspecified atom stereocenters. The molecule has 2 heterocycles.